The first-order valence-electron chi connectivity index (χ1n) is 11.6. The lowest BCUT2D eigenvalue weighted by molar-refractivity contribution is -0.124. The second-order valence-electron chi connectivity index (χ2n) is 9.74. The smallest absolute Gasteiger partial charge is 0.257 e. The van der Waals surface area contributed by atoms with Crippen molar-refractivity contribution in [1.82, 2.24) is 15.5 Å². The zero-order valence-electron chi connectivity index (χ0n) is 20.1. The number of carbonyl (C=O) groups excluding carboxylic acids is 2. The Morgan fingerprint density at radius 3 is 2.29 bits per heavy atom. The number of rotatable bonds is 9. The summed E-state index contributed by atoms with van der Waals surface area (Å²) in [5.41, 5.74) is 8.10. The molecule has 2 fully saturated rings. The number of nitrogens with zero attached hydrogens (tertiary/aromatic N) is 2. The Morgan fingerprint density at radius 2 is 1.85 bits per heavy atom. The van der Waals surface area contributed by atoms with Crippen molar-refractivity contribution < 1.29 is 14.1 Å². The van der Waals surface area contributed by atoms with Crippen LogP contribution in [-0.4, -0.2) is 33.2 Å². The highest BCUT2D eigenvalue weighted by atomic mass is 16.5. The molecule has 0 aromatic carbocycles. The van der Waals surface area contributed by atoms with Gasteiger partial charge in [-0.05, 0) is 83.3 Å². The zero-order chi connectivity index (χ0) is 24.6. The second kappa shape index (κ2) is 9.04. The molecule has 0 bridgehead atoms. The van der Waals surface area contributed by atoms with Crippen LogP contribution in [-0.2, 0) is 4.79 Å². The van der Waals surface area contributed by atoms with Crippen LogP contribution < -0.4 is 16.4 Å². The molecule has 9 heteroatoms. The SMILES string of the molecule is CC(=N)/C(=C(/C)N)c1ccc(NC(=O)C(C)(NC(=O)c2conc2C)C(C2CC2)C2CC2)cn1. The van der Waals surface area contributed by atoms with Gasteiger partial charge in [-0.1, -0.05) is 5.16 Å². The quantitative estimate of drug-likeness (QED) is 0.416. The van der Waals surface area contributed by atoms with E-state index in [9.17, 15) is 9.59 Å². The summed E-state index contributed by atoms with van der Waals surface area (Å²) in [7, 11) is 0. The van der Waals surface area contributed by atoms with Crippen LogP contribution in [0.2, 0.25) is 0 Å². The minimum atomic E-state index is -1.10. The van der Waals surface area contributed by atoms with Crippen LogP contribution >= 0.6 is 0 Å². The van der Waals surface area contributed by atoms with E-state index in [1.807, 2.05) is 6.92 Å². The van der Waals surface area contributed by atoms with Crippen LogP contribution in [0.4, 0.5) is 5.69 Å². The number of nitrogens with two attached hydrogens (primary N) is 1. The predicted molar refractivity (Wildman–Crippen MR) is 129 cm³/mol. The maximum atomic E-state index is 13.7. The van der Waals surface area contributed by atoms with Crippen molar-refractivity contribution in [2.75, 3.05) is 5.32 Å². The third-order valence-electron chi connectivity index (χ3n) is 6.81. The van der Waals surface area contributed by atoms with E-state index < -0.39 is 5.54 Å². The molecule has 0 radical (unpaired) electrons. The van der Waals surface area contributed by atoms with Gasteiger partial charge in [0.15, 0.2) is 0 Å². The lowest BCUT2D eigenvalue weighted by atomic mass is 9.77. The molecule has 2 amide bonds. The number of aryl methyl sites for hydroxylation is 1. The summed E-state index contributed by atoms with van der Waals surface area (Å²) >= 11 is 0. The second-order valence-corrected chi connectivity index (χ2v) is 9.74. The van der Waals surface area contributed by atoms with Crippen molar-refractivity contribution in [3.8, 4) is 0 Å². The van der Waals surface area contributed by atoms with Crippen molar-refractivity contribution in [3.63, 3.8) is 0 Å². The van der Waals surface area contributed by atoms with Gasteiger partial charge in [0.2, 0.25) is 5.91 Å². The average molecular weight is 465 g/mol. The summed E-state index contributed by atoms with van der Waals surface area (Å²) in [6, 6.07) is 3.47. The maximum Gasteiger partial charge on any atom is 0.257 e. The number of hydrogen-bond donors (Lipinski definition) is 4. The number of anilines is 1. The first-order chi connectivity index (χ1) is 16.1. The van der Waals surface area contributed by atoms with Crippen molar-refractivity contribution in [2.24, 2.45) is 23.5 Å². The highest BCUT2D eigenvalue weighted by Gasteiger charge is 2.55. The number of carbonyl (C=O) groups is 2. The van der Waals surface area contributed by atoms with Gasteiger partial charge in [0.25, 0.3) is 5.91 Å². The highest BCUT2D eigenvalue weighted by molar-refractivity contribution is 6.21. The number of allylic oxidation sites excluding steroid dienone is 2. The Kier molecular flexibility index (Phi) is 6.29. The van der Waals surface area contributed by atoms with E-state index in [4.69, 9.17) is 15.7 Å². The Morgan fingerprint density at radius 1 is 1.21 bits per heavy atom. The third-order valence-corrected chi connectivity index (χ3v) is 6.81. The van der Waals surface area contributed by atoms with Gasteiger partial charge in [0, 0.05) is 17.0 Å². The maximum absolute atomic E-state index is 13.7. The molecular weight excluding hydrogens is 432 g/mol. The first kappa shape index (κ1) is 23.7. The van der Waals surface area contributed by atoms with Gasteiger partial charge in [-0.2, -0.15) is 0 Å². The molecular formula is C25H32N6O3. The molecule has 5 N–H and O–H groups in total. The number of amides is 2. The van der Waals surface area contributed by atoms with E-state index in [0.717, 1.165) is 25.7 Å². The molecule has 180 valence electrons. The molecule has 34 heavy (non-hydrogen) atoms. The van der Waals surface area contributed by atoms with Gasteiger partial charge in [-0.3, -0.25) is 14.6 Å². The molecule has 1 atom stereocenters. The molecule has 1 unspecified atom stereocenters. The molecule has 2 aliphatic rings. The summed E-state index contributed by atoms with van der Waals surface area (Å²) in [6.07, 6.45) is 7.13. The first-order valence-corrected chi connectivity index (χ1v) is 11.6. The fourth-order valence-corrected chi connectivity index (χ4v) is 4.91. The third kappa shape index (κ3) is 4.73. The van der Waals surface area contributed by atoms with Gasteiger partial charge >= 0.3 is 0 Å². The number of aromatic nitrogens is 2. The average Bonchev–Trinajstić information content (AvgIpc) is 3.70. The van der Waals surface area contributed by atoms with E-state index in [1.165, 1.54) is 6.26 Å². The molecule has 2 aromatic rings. The minimum absolute atomic E-state index is 0.0545. The van der Waals surface area contributed by atoms with Gasteiger partial charge < -0.3 is 26.3 Å². The lowest BCUT2D eigenvalue weighted by Crippen LogP contribution is -2.60. The molecule has 2 aromatic heterocycles. The molecule has 0 saturated heterocycles. The number of nitrogens with one attached hydrogen (secondary N) is 3. The predicted octanol–water partition coefficient (Wildman–Crippen LogP) is 3.67. The normalized spacial score (nSPS) is 18.1. The van der Waals surface area contributed by atoms with Gasteiger partial charge in [0.05, 0.1) is 23.3 Å². The van der Waals surface area contributed by atoms with Crippen LogP contribution in [0.1, 0.15) is 68.2 Å². The van der Waals surface area contributed by atoms with Crippen molar-refractivity contribution in [3.05, 3.63) is 47.2 Å². The lowest BCUT2D eigenvalue weighted by Gasteiger charge is -2.37. The van der Waals surface area contributed by atoms with E-state index in [1.54, 1.807) is 39.1 Å². The molecule has 0 spiro atoms. The van der Waals surface area contributed by atoms with Crippen molar-refractivity contribution >= 4 is 28.8 Å². The minimum Gasteiger partial charge on any atom is -0.402 e. The van der Waals surface area contributed by atoms with Crippen LogP contribution in [0.25, 0.3) is 5.57 Å². The summed E-state index contributed by atoms with van der Waals surface area (Å²) < 4.78 is 4.93. The Bertz CT molecular complexity index is 1130. The molecule has 2 heterocycles. The van der Waals surface area contributed by atoms with Gasteiger partial charge in [-0.25, -0.2) is 0 Å². The zero-order valence-corrected chi connectivity index (χ0v) is 20.1. The van der Waals surface area contributed by atoms with E-state index in [2.05, 4.69) is 20.8 Å². The highest BCUT2D eigenvalue weighted by Crippen LogP contribution is 2.53. The number of pyridine rings is 1. The topological polar surface area (TPSA) is 147 Å². The van der Waals surface area contributed by atoms with Crippen LogP contribution in [0.3, 0.4) is 0 Å². The fraction of sp³-hybridized carbons (Fsp3) is 0.480. The Labute approximate surface area is 199 Å². The monoisotopic (exact) mass is 464 g/mol. The standard InChI is InChI=1S/C25H32N6O3/c1-13(26)21(14(2)27)20-10-9-18(11-28-20)29-24(33)25(4,22(16-5-6-16)17-7-8-17)30-23(32)19-12-34-31-15(19)3/h9-12,16-17,22,26H,5-8,27H2,1-4H3,(H,29,33)(H,30,32)/b21-14+,26-13?. The molecule has 2 aliphatic carbocycles. The van der Waals surface area contributed by atoms with E-state index >= 15 is 0 Å². The van der Waals surface area contributed by atoms with E-state index in [-0.39, 0.29) is 17.7 Å². The van der Waals surface area contributed by atoms with Crippen LogP contribution in [0.15, 0.2) is 34.8 Å². The van der Waals surface area contributed by atoms with Gasteiger partial charge in [0.1, 0.15) is 17.4 Å². The van der Waals surface area contributed by atoms with Crippen molar-refractivity contribution in [2.45, 2.75) is 58.9 Å². The van der Waals surface area contributed by atoms with Crippen LogP contribution in [0.5, 0.6) is 0 Å². The molecule has 9 nitrogen and oxygen atoms in total. The molecule has 0 aliphatic heterocycles. The van der Waals surface area contributed by atoms with E-state index in [0.29, 0.717) is 51.5 Å². The summed E-state index contributed by atoms with van der Waals surface area (Å²) in [5, 5.41) is 17.7. The Balaban J connectivity index is 1.60. The largest absolute Gasteiger partial charge is 0.402 e. The molecule has 4 rings (SSSR count). The number of hydrogen-bond acceptors (Lipinski definition) is 7. The fourth-order valence-electron chi connectivity index (χ4n) is 4.91. The van der Waals surface area contributed by atoms with Crippen LogP contribution in [0, 0.1) is 30.1 Å². The van der Waals surface area contributed by atoms with Gasteiger partial charge in [-0.15, -0.1) is 0 Å². The summed E-state index contributed by atoms with van der Waals surface area (Å²) in [4.78, 5) is 31.2. The molecule has 2 saturated carbocycles. The Hall–Kier alpha value is -3.49. The summed E-state index contributed by atoms with van der Waals surface area (Å²) in [5.74, 6) is 0.249. The van der Waals surface area contributed by atoms with Crippen molar-refractivity contribution in [1.29, 1.82) is 5.41 Å². The summed E-state index contributed by atoms with van der Waals surface area (Å²) in [6.45, 7) is 6.91.